The Hall–Kier alpha value is -3.16. The largest absolute Gasteiger partial charge is 0.497 e. The van der Waals surface area contributed by atoms with E-state index in [1.165, 1.54) is 11.3 Å². The van der Waals surface area contributed by atoms with Gasteiger partial charge in [0.15, 0.2) is 5.13 Å². The van der Waals surface area contributed by atoms with Crippen LogP contribution in [0.1, 0.15) is 35.5 Å². The maximum absolute atomic E-state index is 13.5. The minimum absolute atomic E-state index is 0.0532. The molecule has 8 heteroatoms. The lowest BCUT2D eigenvalue weighted by molar-refractivity contribution is -0.118. The van der Waals surface area contributed by atoms with E-state index in [-0.39, 0.29) is 24.3 Å². The van der Waals surface area contributed by atoms with E-state index in [0.717, 1.165) is 22.2 Å². The highest BCUT2D eigenvalue weighted by atomic mass is 35.5. The molecule has 0 spiro atoms. The molecule has 2 aromatic carbocycles. The minimum atomic E-state index is -0.182. The van der Waals surface area contributed by atoms with Crippen molar-refractivity contribution < 1.29 is 14.3 Å². The normalized spacial score (nSPS) is 11.2. The molecular weight excluding hydrogens is 458 g/mol. The average Bonchev–Trinajstić information content (AvgIpc) is 3.40. The highest BCUT2D eigenvalue weighted by Crippen LogP contribution is 2.32. The van der Waals surface area contributed by atoms with Crippen LogP contribution in [0.25, 0.3) is 10.9 Å². The van der Waals surface area contributed by atoms with Gasteiger partial charge in [-0.1, -0.05) is 11.6 Å². The molecule has 0 saturated heterocycles. The van der Waals surface area contributed by atoms with Crippen LogP contribution in [-0.2, 0) is 11.2 Å². The molecule has 4 aromatic rings. The summed E-state index contributed by atoms with van der Waals surface area (Å²) in [4.78, 5) is 32.9. The molecule has 0 N–H and O–H groups in total. The third kappa shape index (κ3) is 4.38. The Morgan fingerprint density at radius 3 is 2.52 bits per heavy atom. The summed E-state index contributed by atoms with van der Waals surface area (Å²) in [7, 11) is 1.59. The SMILES string of the molecule is COc1ccc2c(c1)c(CC(=O)N(c1nccs1)C(C)C)c(C)n2C(=O)c1ccc(Cl)cc1. The van der Waals surface area contributed by atoms with E-state index >= 15 is 0 Å². The van der Waals surface area contributed by atoms with Gasteiger partial charge in [0.25, 0.3) is 5.91 Å². The number of hydrogen-bond donors (Lipinski definition) is 0. The summed E-state index contributed by atoms with van der Waals surface area (Å²) in [5.74, 6) is 0.399. The van der Waals surface area contributed by atoms with Crippen molar-refractivity contribution in [2.45, 2.75) is 33.2 Å². The third-order valence-corrected chi connectivity index (χ3v) is 6.60. The molecule has 0 aliphatic heterocycles. The van der Waals surface area contributed by atoms with Gasteiger partial charge in [-0.15, -0.1) is 11.3 Å². The Morgan fingerprint density at radius 2 is 1.91 bits per heavy atom. The standard InChI is InChI=1S/C25H24ClN3O3S/c1-15(2)28(25-27-11-12-33-25)23(30)14-20-16(3)29(22-10-9-19(32-4)13-21(20)22)24(31)17-5-7-18(26)8-6-17/h5-13,15H,14H2,1-4H3. The number of halogens is 1. The highest BCUT2D eigenvalue weighted by molar-refractivity contribution is 7.13. The van der Waals surface area contributed by atoms with Crippen molar-refractivity contribution in [3.8, 4) is 5.75 Å². The molecule has 4 rings (SSSR count). The zero-order chi connectivity index (χ0) is 23.7. The number of fused-ring (bicyclic) bond motifs is 1. The van der Waals surface area contributed by atoms with E-state index in [0.29, 0.717) is 21.5 Å². The van der Waals surface area contributed by atoms with Crippen molar-refractivity contribution in [2.75, 3.05) is 12.0 Å². The number of rotatable bonds is 6. The van der Waals surface area contributed by atoms with E-state index in [1.807, 2.05) is 44.4 Å². The molecule has 0 unspecified atom stereocenters. The molecular formula is C25H24ClN3O3S. The summed E-state index contributed by atoms with van der Waals surface area (Å²) >= 11 is 7.43. The summed E-state index contributed by atoms with van der Waals surface area (Å²) < 4.78 is 7.08. The van der Waals surface area contributed by atoms with Gasteiger partial charge in [0.1, 0.15) is 5.75 Å². The highest BCUT2D eigenvalue weighted by Gasteiger charge is 2.26. The Bertz CT molecular complexity index is 1310. The monoisotopic (exact) mass is 481 g/mol. The third-order valence-electron chi connectivity index (χ3n) is 5.57. The maximum atomic E-state index is 13.5. The predicted octanol–water partition coefficient (Wildman–Crippen LogP) is 5.74. The first-order valence-corrected chi connectivity index (χ1v) is 11.8. The van der Waals surface area contributed by atoms with Crippen molar-refractivity contribution in [1.29, 1.82) is 0 Å². The van der Waals surface area contributed by atoms with Gasteiger partial charge in [0.05, 0.1) is 19.0 Å². The van der Waals surface area contributed by atoms with Crippen LogP contribution in [0, 0.1) is 6.92 Å². The van der Waals surface area contributed by atoms with Gasteiger partial charge in [-0.2, -0.15) is 0 Å². The van der Waals surface area contributed by atoms with Gasteiger partial charge in [-0.25, -0.2) is 4.98 Å². The molecule has 170 valence electrons. The van der Waals surface area contributed by atoms with Gasteiger partial charge in [-0.05, 0) is 68.8 Å². The first-order valence-electron chi connectivity index (χ1n) is 10.5. The summed E-state index contributed by atoms with van der Waals surface area (Å²) in [6.45, 7) is 5.79. The van der Waals surface area contributed by atoms with Gasteiger partial charge in [-0.3, -0.25) is 19.1 Å². The van der Waals surface area contributed by atoms with Gasteiger partial charge in [0.2, 0.25) is 5.91 Å². The van der Waals surface area contributed by atoms with Crippen LogP contribution < -0.4 is 9.64 Å². The van der Waals surface area contributed by atoms with Crippen molar-refractivity contribution >= 4 is 50.8 Å². The molecule has 6 nitrogen and oxygen atoms in total. The van der Waals surface area contributed by atoms with E-state index in [2.05, 4.69) is 4.98 Å². The van der Waals surface area contributed by atoms with Crippen LogP contribution in [0.2, 0.25) is 5.02 Å². The van der Waals surface area contributed by atoms with E-state index in [4.69, 9.17) is 16.3 Å². The quantitative estimate of drug-likeness (QED) is 0.352. The molecule has 33 heavy (non-hydrogen) atoms. The van der Waals surface area contributed by atoms with Crippen LogP contribution in [-0.4, -0.2) is 34.5 Å². The fourth-order valence-corrected chi connectivity index (χ4v) is 4.90. The number of carbonyl (C=O) groups is 2. The van der Waals surface area contributed by atoms with Crippen LogP contribution in [0.15, 0.2) is 54.0 Å². The van der Waals surface area contributed by atoms with E-state index in [9.17, 15) is 9.59 Å². The second-order valence-corrected chi connectivity index (χ2v) is 9.25. The molecule has 2 aromatic heterocycles. The van der Waals surface area contributed by atoms with Crippen molar-refractivity contribution in [1.82, 2.24) is 9.55 Å². The first kappa shape index (κ1) is 23.0. The number of nitrogens with zero attached hydrogens (tertiary/aromatic N) is 3. The van der Waals surface area contributed by atoms with Gasteiger partial charge >= 0.3 is 0 Å². The molecule has 2 heterocycles. The molecule has 0 bridgehead atoms. The first-order chi connectivity index (χ1) is 15.8. The van der Waals surface area contributed by atoms with Gasteiger partial charge < -0.3 is 4.74 Å². The van der Waals surface area contributed by atoms with Crippen LogP contribution in [0.4, 0.5) is 5.13 Å². The summed E-state index contributed by atoms with van der Waals surface area (Å²) in [6, 6.07) is 12.3. The second kappa shape index (κ2) is 9.37. The molecule has 0 radical (unpaired) electrons. The lowest BCUT2D eigenvalue weighted by Crippen LogP contribution is -2.38. The second-order valence-electron chi connectivity index (χ2n) is 7.94. The fraction of sp³-hybridized carbons (Fsp3) is 0.240. The Balaban J connectivity index is 1.82. The number of amides is 1. The number of thiazole rings is 1. The smallest absolute Gasteiger partial charge is 0.262 e. The number of ether oxygens (including phenoxy) is 1. The van der Waals surface area contributed by atoms with Crippen molar-refractivity contribution in [2.24, 2.45) is 0 Å². The number of methoxy groups -OCH3 is 1. The van der Waals surface area contributed by atoms with Crippen molar-refractivity contribution in [3.63, 3.8) is 0 Å². The number of aromatic nitrogens is 2. The maximum Gasteiger partial charge on any atom is 0.262 e. The Morgan fingerprint density at radius 1 is 1.18 bits per heavy atom. The molecule has 0 atom stereocenters. The molecule has 0 aliphatic carbocycles. The summed E-state index contributed by atoms with van der Waals surface area (Å²) in [6.07, 6.45) is 1.82. The zero-order valence-corrected chi connectivity index (χ0v) is 20.4. The number of benzene rings is 2. The van der Waals surface area contributed by atoms with Crippen LogP contribution >= 0.6 is 22.9 Å². The lowest BCUT2D eigenvalue weighted by atomic mass is 10.1. The summed E-state index contributed by atoms with van der Waals surface area (Å²) in [5, 5.41) is 3.88. The van der Waals surface area contributed by atoms with Crippen LogP contribution in [0.3, 0.4) is 0 Å². The number of anilines is 1. The van der Waals surface area contributed by atoms with E-state index < -0.39 is 0 Å². The van der Waals surface area contributed by atoms with E-state index in [1.54, 1.807) is 47.0 Å². The lowest BCUT2D eigenvalue weighted by Gasteiger charge is -2.24. The molecule has 1 amide bonds. The molecule has 0 fully saturated rings. The number of hydrogen-bond acceptors (Lipinski definition) is 5. The minimum Gasteiger partial charge on any atom is -0.497 e. The Labute approximate surface area is 201 Å². The topological polar surface area (TPSA) is 64.4 Å². The zero-order valence-electron chi connectivity index (χ0n) is 18.8. The van der Waals surface area contributed by atoms with Crippen LogP contribution in [0.5, 0.6) is 5.75 Å². The predicted molar refractivity (Wildman–Crippen MR) is 133 cm³/mol. The molecule has 0 saturated carbocycles. The van der Waals surface area contributed by atoms with Crippen molar-refractivity contribution in [3.05, 3.63) is 75.9 Å². The Kier molecular flexibility index (Phi) is 6.54. The van der Waals surface area contributed by atoms with Gasteiger partial charge in [0, 0.05) is 39.3 Å². The molecule has 0 aliphatic rings. The summed E-state index contributed by atoms with van der Waals surface area (Å²) in [5.41, 5.74) is 2.74. The fourth-order valence-electron chi connectivity index (χ4n) is 3.98. The number of carbonyl (C=O) groups excluding carboxylic acids is 2. The average molecular weight is 482 g/mol.